The summed E-state index contributed by atoms with van der Waals surface area (Å²) in [7, 11) is 0. The van der Waals surface area contributed by atoms with Gasteiger partial charge in [0.1, 0.15) is 0 Å². The maximum absolute atomic E-state index is 13.1. The van der Waals surface area contributed by atoms with Crippen molar-refractivity contribution in [2.24, 2.45) is 0 Å². The van der Waals surface area contributed by atoms with Crippen LogP contribution in [-0.2, 0) is 15.8 Å². The number of hydrogen-bond donors (Lipinski definition) is 1. The normalized spacial score (nSPS) is 12.6. The Morgan fingerprint density at radius 1 is 1.26 bits per heavy atom. The maximum Gasteiger partial charge on any atom is 0.418 e. The summed E-state index contributed by atoms with van der Waals surface area (Å²) < 4.78 is 39.2. The van der Waals surface area contributed by atoms with E-state index in [2.05, 4.69) is 5.32 Å². The molecule has 0 saturated heterocycles. The number of carbonyl (C=O) groups is 2. The zero-order valence-corrected chi connectivity index (χ0v) is 13.4. The Morgan fingerprint density at radius 2 is 1.87 bits per heavy atom. The Kier molecular flexibility index (Phi) is 6.60. The third-order valence-electron chi connectivity index (χ3n) is 3.46. The third kappa shape index (κ3) is 5.58. The van der Waals surface area contributed by atoms with Gasteiger partial charge in [-0.15, -0.1) is 0 Å². The summed E-state index contributed by atoms with van der Waals surface area (Å²) in [5.74, 6) is -0.840. The van der Waals surface area contributed by atoms with Crippen LogP contribution in [0.4, 0.5) is 18.9 Å². The highest BCUT2D eigenvalue weighted by atomic mass is 19.4. The minimum Gasteiger partial charge on any atom is -0.354 e. The van der Waals surface area contributed by atoms with Gasteiger partial charge in [-0.3, -0.25) is 9.59 Å². The number of para-hydroxylation sites is 1. The van der Waals surface area contributed by atoms with E-state index in [1.165, 1.54) is 25.1 Å². The molecule has 1 atom stereocenters. The average Bonchev–Trinajstić information content (AvgIpc) is 2.46. The van der Waals surface area contributed by atoms with E-state index in [4.69, 9.17) is 0 Å². The predicted molar refractivity (Wildman–Crippen MR) is 82.0 cm³/mol. The van der Waals surface area contributed by atoms with Crippen LogP contribution in [0.1, 0.15) is 39.2 Å². The van der Waals surface area contributed by atoms with Crippen molar-refractivity contribution in [1.29, 1.82) is 0 Å². The molecule has 0 aromatic heterocycles. The van der Waals surface area contributed by atoms with Crippen LogP contribution >= 0.6 is 0 Å². The molecular weight excluding hydrogens is 309 g/mol. The minimum absolute atomic E-state index is 0.0178. The maximum atomic E-state index is 13.1. The Morgan fingerprint density at radius 3 is 2.39 bits per heavy atom. The molecule has 0 spiro atoms. The largest absolute Gasteiger partial charge is 0.418 e. The Labute approximate surface area is 133 Å². The van der Waals surface area contributed by atoms with E-state index >= 15 is 0 Å². The van der Waals surface area contributed by atoms with Gasteiger partial charge in [0.25, 0.3) is 0 Å². The molecule has 1 aromatic carbocycles. The first-order valence-electron chi connectivity index (χ1n) is 7.40. The molecule has 0 fully saturated rings. The topological polar surface area (TPSA) is 49.4 Å². The molecule has 23 heavy (non-hydrogen) atoms. The van der Waals surface area contributed by atoms with Gasteiger partial charge in [-0.1, -0.05) is 19.1 Å². The van der Waals surface area contributed by atoms with E-state index < -0.39 is 17.6 Å². The number of halogens is 3. The minimum atomic E-state index is -4.57. The predicted octanol–water partition coefficient (Wildman–Crippen LogP) is 3.36. The lowest BCUT2D eigenvalue weighted by molar-refractivity contribution is -0.137. The number of alkyl halides is 3. The molecule has 0 aliphatic rings. The van der Waals surface area contributed by atoms with Crippen molar-refractivity contribution in [3.8, 4) is 0 Å². The number of rotatable bonds is 6. The fourth-order valence-electron chi connectivity index (χ4n) is 2.06. The van der Waals surface area contributed by atoms with Crippen LogP contribution in [0.2, 0.25) is 0 Å². The Balaban J connectivity index is 2.93. The molecule has 128 valence electrons. The van der Waals surface area contributed by atoms with Crippen LogP contribution in [0.3, 0.4) is 0 Å². The van der Waals surface area contributed by atoms with E-state index in [0.29, 0.717) is 0 Å². The number of carbonyl (C=O) groups excluding carboxylic acids is 2. The standard InChI is InChI=1S/C16H21F3N2O2/c1-4-11(2)20-15(23)9-10-21(12(3)22)14-8-6-5-7-13(14)16(17,18)19/h5-8,11H,4,9-10H2,1-3H3,(H,20,23). The van der Waals surface area contributed by atoms with Crippen LogP contribution < -0.4 is 10.2 Å². The third-order valence-corrected chi connectivity index (χ3v) is 3.46. The number of benzene rings is 1. The highest BCUT2D eigenvalue weighted by Gasteiger charge is 2.35. The molecule has 2 amide bonds. The van der Waals surface area contributed by atoms with Crippen molar-refractivity contribution >= 4 is 17.5 Å². The highest BCUT2D eigenvalue weighted by Crippen LogP contribution is 2.36. The van der Waals surface area contributed by atoms with E-state index in [9.17, 15) is 22.8 Å². The monoisotopic (exact) mass is 330 g/mol. The summed E-state index contributed by atoms with van der Waals surface area (Å²) in [6.07, 6.45) is -3.88. The average molecular weight is 330 g/mol. The van der Waals surface area contributed by atoms with E-state index in [1.807, 2.05) is 13.8 Å². The van der Waals surface area contributed by atoms with Crippen LogP contribution in [-0.4, -0.2) is 24.4 Å². The number of nitrogens with one attached hydrogen (secondary N) is 1. The van der Waals surface area contributed by atoms with Gasteiger partial charge in [0.05, 0.1) is 11.3 Å². The first-order valence-corrected chi connectivity index (χ1v) is 7.40. The second kappa shape index (κ2) is 7.99. The van der Waals surface area contributed by atoms with Crippen molar-refractivity contribution in [3.05, 3.63) is 29.8 Å². The lowest BCUT2D eigenvalue weighted by atomic mass is 10.1. The van der Waals surface area contributed by atoms with Crippen molar-refractivity contribution in [1.82, 2.24) is 5.32 Å². The SMILES string of the molecule is CCC(C)NC(=O)CCN(C(C)=O)c1ccccc1C(F)(F)F. The quantitative estimate of drug-likeness (QED) is 0.869. The molecule has 0 saturated carbocycles. The highest BCUT2D eigenvalue weighted by molar-refractivity contribution is 5.93. The number of nitrogens with zero attached hydrogens (tertiary/aromatic N) is 1. The van der Waals surface area contributed by atoms with E-state index in [-0.39, 0.29) is 30.6 Å². The van der Waals surface area contributed by atoms with Crippen molar-refractivity contribution < 1.29 is 22.8 Å². The molecular formula is C16H21F3N2O2. The molecule has 0 bridgehead atoms. The van der Waals surface area contributed by atoms with Crippen LogP contribution in [0, 0.1) is 0 Å². The first-order chi connectivity index (χ1) is 10.7. The van der Waals surface area contributed by atoms with E-state index in [1.54, 1.807) is 0 Å². The molecule has 1 N–H and O–H groups in total. The molecule has 1 rings (SSSR count). The van der Waals surface area contributed by atoms with Gasteiger partial charge in [0.15, 0.2) is 0 Å². The van der Waals surface area contributed by atoms with E-state index in [0.717, 1.165) is 17.4 Å². The summed E-state index contributed by atoms with van der Waals surface area (Å²) in [6.45, 7) is 4.82. The first kappa shape index (κ1) is 19.0. The summed E-state index contributed by atoms with van der Waals surface area (Å²) in [4.78, 5) is 24.5. The van der Waals surface area contributed by atoms with Crippen molar-refractivity contribution in [2.45, 2.75) is 45.8 Å². The molecule has 0 aliphatic heterocycles. The van der Waals surface area contributed by atoms with Gasteiger partial charge in [-0.2, -0.15) is 13.2 Å². The Hall–Kier alpha value is -2.05. The Bertz CT molecular complexity index is 559. The number of amides is 2. The second-order valence-corrected chi connectivity index (χ2v) is 5.31. The summed E-state index contributed by atoms with van der Waals surface area (Å²) in [5.41, 5.74) is -1.12. The van der Waals surface area contributed by atoms with Crippen LogP contribution in [0.5, 0.6) is 0 Å². The molecule has 0 aliphatic carbocycles. The van der Waals surface area contributed by atoms with Gasteiger partial charge >= 0.3 is 6.18 Å². The van der Waals surface area contributed by atoms with Gasteiger partial charge in [-0.05, 0) is 25.5 Å². The molecule has 1 aromatic rings. The molecule has 4 nitrogen and oxygen atoms in total. The lowest BCUT2D eigenvalue weighted by Gasteiger charge is -2.25. The zero-order chi connectivity index (χ0) is 17.6. The fourth-order valence-corrected chi connectivity index (χ4v) is 2.06. The number of hydrogen-bond acceptors (Lipinski definition) is 2. The van der Waals surface area contributed by atoms with Gasteiger partial charge in [0, 0.05) is 25.9 Å². The molecule has 7 heteroatoms. The summed E-state index contributed by atoms with van der Waals surface area (Å²) in [6, 6.07) is 4.83. The molecule has 0 radical (unpaired) electrons. The van der Waals surface area contributed by atoms with Gasteiger partial charge in [0.2, 0.25) is 11.8 Å². The number of anilines is 1. The van der Waals surface area contributed by atoms with Crippen LogP contribution in [0.25, 0.3) is 0 Å². The smallest absolute Gasteiger partial charge is 0.354 e. The zero-order valence-electron chi connectivity index (χ0n) is 13.4. The van der Waals surface area contributed by atoms with Crippen LogP contribution in [0.15, 0.2) is 24.3 Å². The van der Waals surface area contributed by atoms with Crippen molar-refractivity contribution in [3.63, 3.8) is 0 Å². The molecule has 1 unspecified atom stereocenters. The second-order valence-electron chi connectivity index (χ2n) is 5.31. The summed E-state index contributed by atoms with van der Waals surface area (Å²) in [5, 5.41) is 2.72. The fraction of sp³-hybridized carbons (Fsp3) is 0.500. The lowest BCUT2D eigenvalue weighted by Crippen LogP contribution is -2.37. The van der Waals surface area contributed by atoms with Crippen molar-refractivity contribution in [2.75, 3.05) is 11.4 Å². The van der Waals surface area contributed by atoms with Gasteiger partial charge < -0.3 is 10.2 Å². The van der Waals surface area contributed by atoms with Gasteiger partial charge in [-0.25, -0.2) is 0 Å². The molecule has 0 heterocycles. The summed E-state index contributed by atoms with van der Waals surface area (Å²) >= 11 is 0.